The zero-order chi connectivity index (χ0) is 13.3. The third-order valence-electron chi connectivity index (χ3n) is 2.43. The van der Waals surface area contributed by atoms with Gasteiger partial charge in [0.05, 0.1) is 15.9 Å². The minimum atomic E-state index is -0.694. The quantitative estimate of drug-likeness (QED) is 0.767. The molecule has 0 aliphatic carbocycles. The number of halogens is 3. The molecule has 0 fully saturated rings. The maximum Gasteiger partial charge on any atom is 0.137 e. The minimum Gasteiger partial charge on any atom is -0.495 e. The van der Waals surface area contributed by atoms with Gasteiger partial charge in [-0.25, -0.2) is 0 Å². The first kappa shape index (κ1) is 14.3. The standard InChI is InChI=1S/C12H9Br2ClO2S/c1-17-9-3-2-6(4-8(9)15)11(16)10-5-7(13)12(14)18-10/h2-5,11,16H,1H3. The molecule has 96 valence electrons. The summed E-state index contributed by atoms with van der Waals surface area (Å²) in [5.74, 6) is 0.598. The van der Waals surface area contributed by atoms with Crippen LogP contribution in [0.5, 0.6) is 5.75 Å². The lowest BCUT2D eigenvalue weighted by molar-refractivity contribution is 0.224. The Morgan fingerprint density at radius 1 is 1.33 bits per heavy atom. The molecule has 2 rings (SSSR count). The predicted octanol–water partition coefficient (Wildman–Crippen LogP) is 5.02. The second-order valence-corrected chi connectivity index (χ2v) is 7.23. The van der Waals surface area contributed by atoms with Crippen molar-refractivity contribution in [2.45, 2.75) is 6.10 Å². The lowest BCUT2D eigenvalue weighted by Gasteiger charge is -2.11. The summed E-state index contributed by atoms with van der Waals surface area (Å²) < 4.78 is 6.97. The average molecular weight is 413 g/mol. The lowest BCUT2D eigenvalue weighted by atomic mass is 10.1. The van der Waals surface area contributed by atoms with Crippen molar-refractivity contribution in [3.05, 3.63) is 48.0 Å². The van der Waals surface area contributed by atoms with E-state index in [0.717, 1.165) is 18.7 Å². The van der Waals surface area contributed by atoms with Crippen molar-refractivity contribution in [3.63, 3.8) is 0 Å². The molecule has 1 N–H and O–H groups in total. The van der Waals surface area contributed by atoms with Gasteiger partial charge in [0.25, 0.3) is 0 Å². The van der Waals surface area contributed by atoms with Gasteiger partial charge in [0, 0.05) is 9.35 Å². The fourth-order valence-corrected chi connectivity index (χ4v) is 3.89. The van der Waals surface area contributed by atoms with Gasteiger partial charge in [-0.1, -0.05) is 17.7 Å². The number of hydrogen-bond donors (Lipinski definition) is 1. The molecule has 6 heteroatoms. The summed E-state index contributed by atoms with van der Waals surface area (Å²) >= 11 is 14.3. The summed E-state index contributed by atoms with van der Waals surface area (Å²) in [6, 6.07) is 7.15. The summed E-state index contributed by atoms with van der Waals surface area (Å²) in [5, 5.41) is 10.8. The van der Waals surface area contributed by atoms with E-state index in [9.17, 15) is 5.11 Å². The van der Waals surface area contributed by atoms with Gasteiger partial charge < -0.3 is 9.84 Å². The fraction of sp³-hybridized carbons (Fsp3) is 0.167. The molecule has 1 unspecified atom stereocenters. The van der Waals surface area contributed by atoms with E-state index in [1.807, 2.05) is 6.07 Å². The van der Waals surface area contributed by atoms with Crippen molar-refractivity contribution in [2.75, 3.05) is 7.11 Å². The highest BCUT2D eigenvalue weighted by molar-refractivity contribution is 9.13. The van der Waals surface area contributed by atoms with E-state index in [1.165, 1.54) is 11.3 Å². The van der Waals surface area contributed by atoms with Crippen LogP contribution in [0.1, 0.15) is 16.5 Å². The summed E-state index contributed by atoms with van der Waals surface area (Å²) in [7, 11) is 1.56. The maximum atomic E-state index is 10.3. The van der Waals surface area contributed by atoms with Crippen molar-refractivity contribution in [2.24, 2.45) is 0 Å². The van der Waals surface area contributed by atoms with E-state index in [-0.39, 0.29) is 0 Å². The topological polar surface area (TPSA) is 29.5 Å². The van der Waals surface area contributed by atoms with Crippen LogP contribution in [0.2, 0.25) is 5.02 Å². The van der Waals surface area contributed by atoms with Crippen LogP contribution in [-0.4, -0.2) is 12.2 Å². The van der Waals surface area contributed by atoms with E-state index >= 15 is 0 Å². The highest BCUT2D eigenvalue weighted by atomic mass is 79.9. The molecule has 2 nitrogen and oxygen atoms in total. The van der Waals surface area contributed by atoms with Crippen molar-refractivity contribution < 1.29 is 9.84 Å². The highest BCUT2D eigenvalue weighted by Crippen LogP contribution is 2.38. The van der Waals surface area contributed by atoms with E-state index in [1.54, 1.807) is 25.3 Å². The van der Waals surface area contributed by atoms with Crippen LogP contribution in [0.15, 0.2) is 32.5 Å². The van der Waals surface area contributed by atoms with Gasteiger partial charge in [0.2, 0.25) is 0 Å². The molecule has 1 aromatic carbocycles. The number of methoxy groups -OCH3 is 1. The SMILES string of the molecule is COc1ccc(C(O)c2cc(Br)c(Br)s2)cc1Cl. The number of aliphatic hydroxyl groups excluding tert-OH is 1. The van der Waals surface area contributed by atoms with Gasteiger partial charge in [-0.2, -0.15) is 0 Å². The first-order valence-electron chi connectivity index (χ1n) is 4.99. The van der Waals surface area contributed by atoms with Crippen LogP contribution in [0.4, 0.5) is 0 Å². The van der Waals surface area contributed by atoms with Gasteiger partial charge in [0.15, 0.2) is 0 Å². The van der Waals surface area contributed by atoms with Crippen LogP contribution in [0, 0.1) is 0 Å². The summed E-state index contributed by atoms with van der Waals surface area (Å²) in [6.07, 6.45) is -0.694. The van der Waals surface area contributed by atoms with Crippen LogP contribution in [-0.2, 0) is 0 Å². The Morgan fingerprint density at radius 2 is 2.06 bits per heavy atom. The molecule has 0 spiro atoms. The number of hydrogen-bond acceptors (Lipinski definition) is 3. The molecule has 0 saturated carbocycles. The largest absolute Gasteiger partial charge is 0.495 e. The third-order valence-corrected chi connectivity index (χ3v) is 6.03. The van der Waals surface area contributed by atoms with Crippen molar-refractivity contribution in [3.8, 4) is 5.75 Å². The monoisotopic (exact) mass is 410 g/mol. The van der Waals surface area contributed by atoms with Crippen LogP contribution in [0.3, 0.4) is 0 Å². The van der Waals surface area contributed by atoms with Crippen molar-refractivity contribution >= 4 is 54.8 Å². The fourth-order valence-electron chi connectivity index (χ4n) is 1.52. The molecule has 18 heavy (non-hydrogen) atoms. The zero-order valence-electron chi connectivity index (χ0n) is 9.28. The molecule has 0 aliphatic rings. The van der Waals surface area contributed by atoms with Crippen molar-refractivity contribution in [1.82, 2.24) is 0 Å². The van der Waals surface area contributed by atoms with Gasteiger partial charge in [-0.3, -0.25) is 0 Å². The normalized spacial score (nSPS) is 12.5. The smallest absolute Gasteiger partial charge is 0.137 e. The Morgan fingerprint density at radius 3 is 2.56 bits per heavy atom. The van der Waals surface area contributed by atoms with E-state index < -0.39 is 6.10 Å². The molecule has 0 amide bonds. The Balaban J connectivity index is 2.33. The molecular formula is C12H9Br2ClO2S. The summed E-state index contributed by atoms with van der Waals surface area (Å²) in [6.45, 7) is 0. The minimum absolute atomic E-state index is 0.490. The number of benzene rings is 1. The molecule has 1 aromatic heterocycles. The van der Waals surface area contributed by atoms with E-state index in [0.29, 0.717) is 10.8 Å². The number of aliphatic hydroxyl groups is 1. The van der Waals surface area contributed by atoms with Crippen LogP contribution >= 0.6 is 54.8 Å². The predicted molar refractivity (Wildman–Crippen MR) is 81.8 cm³/mol. The van der Waals surface area contributed by atoms with Gasteiger partial charge >= 0.3 is 0 Å². The molecular weight excluding hydrogens is 403 g/mol. The number of thiophene rings is 1. The van der Waals surface area contributed by atoms with Crippen LogP contribution in [0.25, 0.3) is 0 Å². The number of ether oxygens (including phenoxy) is 1. The zero-order valence-corrected chi connectivity index (χ0v) is 14.0. The third kappa shape index (κ3) is 2.91. The maximum absolute atomic E-state index is 10.3. The molecule has 0 radical (unpaired) electrons. The molecule has 1 heterocycles. The second-order valence-electron chi connectivity index (χ2n) is 3.57. The van der Waals surface area contributed by atoms with Gasteiger partial charge in [-0.15, -0.1) is 11.3 Å². The Hall–Kier alpha value is -0.0700. The molecule has 0 aliphatic heterocycles. The lowest BCUT2D eigenvalue weighted by Crippen LogP contribution is -1.97. The molecule has 0 bridgehead atoms. The Kier molecular flexibility index (Phi) is 4.72. The van der Waals surface area contributed by atoms with E-state index in [2.05, 4.69) is 31.9 Å². The summed E-state index contributed by atoms with van der Waals surface area (Å²) in [4.78, 5) is 0.843. The van der Waals surface area contributed by atoms with Gasteiger partial charge in [-0.05, 0) is 55.6 Å². The first-order chi connectivity index (χ1) is 8.52. The first-order valence-corrected chi connectivity index (χ1v) is 7.77. The average Bonchev–Trinajstić information content (AvgIpc) is 2.68. The van der Waals surface area contributed by atoms with Crippen molar-refractivity contribution in [1.29, 1.82) is 0 Å². The Bertz CT molecular complexity index is 552. The summed E-state index contributed by atoms with van der Waals surface area (Å²) in [5.41, 5.74) is 0.738. The number of rotatable bonds is 3. The highest BCUT2D eigenvalue weighted by Gasteiger charge is 2.16. The molecule has 2 aromatic rings. The molecule has 1 atom stereocenters. The molecule has 0 saturated heterocycles. The Labute approximate surface area is 131 Å². The second kappa shape index (κ2) is 5.92. The van der Waals surface area contributed by atoms with Crippen LogP contribution < -0.4 is 4.74 Å². The van der Waals surface area contributed by atoms with Gasteiger partial charge in [0.1, 0.15) is 11.9 Å². The van der Waals surface area contributed by atoms with E-state index in [4.69, 9.17) is 16.3 Å².